The van der Waals surface area contributed by atoms with Crippen LogP contribution in [0, 0.1) is 0 Å². The van der Waals surface area contributed by atoms with E-state index in [2.05, 4.69) is 14.9 Å². The van der Waals surface area contributed by atoms with E-state index >= 15 is 0 Å². The van der Waals surface area contributed by atoms with Gasteiger partial charge in [-0.15, -0.1) is 5.10 Å². The molecule has 0 saturated heterocycles. The number of hydrogen-bond donors (Lipinski definition) is 3. The maximum atomic E-state index is 11.9. The van der Waals surface area contributed by atoms with Gasteiger partial charge in [0.15, 0.2) is 0 Å². The fourth-order valence-electron chi connectivity index (χ4n) is 1.38. The summed E-state index contributed by atoms with van der Waals surface area (Å²) in [7, 11) is 0. The predicted octanol–water partition coefficient (Wildman–Crippen LogP) is -0.451. The van der Waals surface area contributed by atoms with Crippen LogP contribution in [0.1, 0.15) is 35.1 Å². The third-order valence-electron chi connectivity index (χ3n) is 2.38. The van der Waals surface area contributed by atoms with Gasteiger partial charge in [-0.3, -0.25) is 9.59 Å². The van der Waals surface area contributed by atoms with Crippen molar-refractivity contribution in [2.24, 2.45) is 5.73 Å². The highest BCUT2D eigenvalue weighted by Gasteiger charge is 2.23. The van der Waals surface area contributed by atoms with Gasteiger partial charge in [0.05, 0.1) is 5.69 Å². The summed E-state index contributed by atoms with van der Waals surface area (Å²) in [5.74, 6) is -2.39. The topological polar surface area (TPSA) is 135 Å². The van der Waals surface area contributed by atoms with E-state index in [1.807, 2.05) is 6.92 Å². The minimum atomic E-state index is -1.22. The first kappa shape index (κ1) is 15.0. The zero-order chi connectivity index (χ0) is 14.4. The second-order valence-corrected chi connectivity index (χ2v) is 4.53. The molecule has 19 heavy (non-hydrogen) atoms. The Labute approximate surface area is 113 Å². The van der Waals surface area contributed by atoms with Crippen molar-refractivity contribution in [3.8, 4) is 0 Å². The Morgan fingerprint density at radius 1 is 1.47 bits per heavy atom. The molecule has 1 aromatic heterocycles. The Balaban J connectivity index is 2.71. The molecule has 4 N–H and O–H groups in total. The molecule has 0 spiro atoms. The normalized spacial score (nSPS) is 11.8. The molecule has 0 radical (unpaired) electrons. The van der Waals surface area contributed by atoms with Gasteiger partial charge in [-0.05, 0) is 24.4 Å². The first-order chi connectivity index (χ1) is 8.95. The molecule has 0 aromatic carbocycles. The van der Waals surface area contributed by atoms with Crippen molar-refractivity contribution in [1.29, 1.82) is 0 Å². The molecule has 1 aromatic rings. The quantitative estimate of drug-likeness (QED) is 0.621. The summed E-state index contributed by atoms with van der Waals surface area (Å²) >= 11 is 0.903. The van der Waals surface area contributed by atoms with E-state index in [1.54, 1.807) is 0 Å². The molecule has 104 valence electrons. The molecular formula is C10H14N4O4S. The summed E-state index contributed by atoms with van der Waals surface area (Å²) in [6.45, 7) is 1.81. The van der Waals surface area contributed by atoms with E-state index in [9.17, 15) is 14.4 Å². The molecule has 0 fully saturated rings. The number of aliphatic carboxylic acids is 1. The zero-order valence-corrected chi connectivity index (χ0v) is 11.1. The van der Waals surface area contributed by atoms with E-state index in [0.717, 1.165) is 11.5 Å². The van der Waals surface area contributed by atoms with Crippen molar-refractivity contribution in [2.75, 3.05) is 0 Å². The van der Waals surface area contributed by atoms with Crippen LogP contribution in [-0.4, -0.2) is 38.5 Å². The second kappa shape index (κ2) is 6.78. The first-order valence-corrected chi connectivity index (χ1v) is 6.36. The summed E-state index contributed by atoms with van der Waals surface area (Å²) < 4.78 is 3.65. The number of hydrogen-bond acceptors (Lipinski definition) is 6. The number of nitrogens with zero attached hydrogens (tertiary/aromatic N) is 2. The molecule has 0 saturated carbocycles. The number of nitrogens with one attached hydrogen (secondary N) is 1. The van der Waals surface area contributed by atoms with Gasteiger partial charge < -0.3 is 16.2 Å². The highest BCUT2D eigenvalue weighted by atomic mass is 32.1. The lowest BCUT2D eigenvalue weighted by molar-refractivity contribution is -0.139. The summed E-state index contributed by atoms with van der Waals surface area (Å²) in [6.07, 6.45) is 0.362. The summed E-state index contributed by atoms with van der Waals surface area (Å²) in [4.78, 5) is 33.8. The third kappa shape index (κ3) is 4.28. The van der Waals surface area contributed by atoms with Gasteiger partial charge in [0, 0.05) is 6.42 Å². The van der Waals surface area contributed by atoms with Crippen LogP contribution < -0.4 is 11.1 Å². The summed E-state index contributed by atoms with van der Waals surface area (Å²) in [5, 5.41) is 15.1. The third-order valence-corrected chi connectivity index (χ3v) is 3.15. The van der Waals surface area contributed by atoms with Crippen molar-refractivity contribution in [2.45, 2.75) is 32.2 Å². The standard InChI is InChI=1S/C10H14N4O4S/c1-2-5-8(19-14-13-5)9(16)12-6(10(17)18)3-4-7(11)15/h6H,2-4H2,1H3,(H2,11,15)(H,12,16)(H,17,18). The second-order valence-electron chi connectivity index (χ2n) is 3.77. The Kier molecular flexibility index (Phi) is 5.37. The van der Waals surface area contributed by atoms with Crippen molar-refractivity contribution >= 4 is 29.3 Å². The average Bonchev–Trinajstić information content (AvgIpc) is 2.81. The molecule has 0 aliphatic rings. The highest BCUT2D eigenvalue weighted by Crippen LogP contribution is 2.11. The molecule has 0 bridgehead atoms. The Morgan fingerprint density at radius 3 is 2.68 bits per heavy atom. The zero-order valence-electron chi connectivity index (χ0n) is 10.3. The smallest absolute Gasteiger partial charge is 0.326 e. The first-order valence-electron chi connectivity index (χ1n) is 5.58. The fourth-order valence-corrected chi connectivity index (χ4v) is 2.03. The van der Waals surface area contributed by atoms with Gasteiger partial charge in [0.2, 0.25) is 5.91 Å². The van der Waals surface area contributed by atoms with Crippen LogP contribution in [0.15, 0.2) is 0 Å². The number of rotatable bonds is 7. The SMILES string of the molecule is CCc1nnsc1C(=O)NC(CCC(N)=O)C(=O)O. The minimum absolute atomic E-state index is 0.0515. The van der Waals surface area contributed by atoms with Crippen LogP contribution in [0.4, 0.5) is 0 Å². The van der Waals surface area contributed by atoms with Gasteiger partial charge in [0.25, 0.3) is 5.91 Å². The van der Waals surface area contributed by atoms with Crippen molar-refractivity contribution in [3.05, 3.63) is 10.6 Å². The molecule has 8 nitrogen and oxygen atoms in total. The lowest BCUT2D eigenvalue weighted by Crippen LogP contribution is -2.41. The lowest BCUT2D eigenvalue weighted by Gasteiger charge is -2.12. The Bertz CT molecular complexity index is 488. The number of aryl methyl sites for hydroxylation is 1. The number of carboxylic acid groups (broad SMARTS) is 1. The highest BCUT2D eigenvalue weighted by molar-refractivity contribution is 7.08. The lowest BCUT2D eigenvalue weighted by atomic mass is 10.1. The molecule has 1 heterocycles. The van der Waals surface area contributed by atoms with Gasteiger partial charge >= 0.3 is 5.97 Å². The molecule has 9 heteroatoms. The molecule has 1 atom stereocenters. The van der Waals surface area contributed by atoms with E-state index in [4.69, 9.17) is 10.8 Å². The van der Waals surface area contributed by atoms with E-state index in [-0.39, 0.29) is 17.7 Å². The van der Waals surface area contributed by atoms with Crippen LogP contribution >= 0.6 is 11.5 Å². The number of nitrogens with two attached hydrogens (primary N) is 1. The average molecular weight is 286 g/mol. The van der Waals surface area contributed by atoms with Crippen LogP contribution in [0.3, 0.4) is 0 Å². The van der Waals surface area contributed by atoms with Gasteiger partial charge in [-0.25, -0.2) is 4.79 Å². The monoisotopic (exact) mass is 286 g/mol. The van der Waals surface area contributed by atoms with Crippen LogP contribution in [0.25, 0.3) is 0 Å². The molecular weight excluding hydrogens is 272 g/mol. The number of carbonyl (C=O) groups excluding carboxylic acids is 2. The van der Waals surface area contributed by atoms with Gasteiger partial charge in [-0.1, -0.05) is 11.4 Å². The molecule has 0 aliphatic heterocycles. The van der Waals surface area contributed by atoms with E-state index < -0.39 is 23.8 Å². The molecule has 1 unspecified atom stereocenters. The number of carboxylic acids is 1. The van der Waals surface area contributed by atoms with Crippen molar-refractivity contribution in [1.82, 2.24) is 14.9 Å². The Morgan fingerprint density at radius 2 is 2.16 bits per heavy atom. The number of amides is 2. The predicted molar refractivity (Wildman–Crippen MR) is 66.6 cm³/mol. The van der Waals surface area contributed by atoms with Gasteiger partial charge in [-0.2, -0.15) is 0 Å². The van der Waals surface area contributed by atoms with Crippen molar-refractivity contribution < 1.29 is 19.5 Å². The number of carbonyl (C=O) groups is 3. The maximum Gasteiger partial charge on any atom is 0.326 e. The summed E-state index contributed by atoms with van der Waals surface area (Å²) in [5.41, 5.74) is 5.46. The van der Waals surface area contributed by atoms with Crippen LogP contribution in [0.5, 0.6) is 0 Å². The van der Waals surface area contributed by atoms with E-state index in [0.29, 0.717) is 12.1 Å². The number of primary amides is 1. The van der Waals surface area contributed by atoms with E-state index in [1.165, 1.54) is 0 Å². The molecule has 1 rings (SSSR count). The van der Waals surface area contributed by atoms with Crippen LogP contribution in [-0.2, 0) is 16.0 Å². The van der Waals surface area contributed by atoms with Crippen molar-refractivity contribution in [3.63, 3.8) is 0 Å². The van der Waals surface area contributed by atoms with Crippen LogP contribution in [0.2, 0.25) is 0 Å². The minimum Gasteiger partial charge on any atom is -0.480 e. The molecule has 0 aliphatic carbocycles. The Hall–Kier alpha value is -2.03. The maximum absolute atomic E-state index is 11.9. The number of aromatic nitrogens is 2. The van der Waals surface area contributed by atoms with Gasteiger partial charge in [0.1, 0.15) is 10.9 Å². The molecule has 2 amide bonds. The largest absolute Gasteiger partial charge is 0.480 e. The summed E-state index contributed by atoms with van der Waals surface area (Å²) in [6, 6.07) is -1.16. The fraction of sp³-hybridized carbons (Fsp3) is 0.500.